The monoisotopic (exact) mass is 155 g/mol. The molecule has 4 heteroatoms. The van der Waals surface area contributed by atoms with Gasteiger partial charge in [-0.25, -0.2) is 0 Å². The Hall–Kier alpha value is -0.0551. The van der Waals surface area contributed by atoms with Crippen molar-refractivity contribution in [1.29, 1.82) is 0 Å². The Labute approximate surface area is 70.1 Å². The molecule has 1 saturated heterocycles. The summed E-state index contributed by atoms with van der Waals surface area (Å²) in [6.45, 7) is 9.06. The molecule has 3 nitrogen and oxygen atoms in total. The Bertz CT molecular complexity index is 118. The Morgan fingerprint density at radius 2 is 2.00 bits per heavy atom. The summed E-state index contributed by atoms with van der Waals surface area (Å²) in [5.41, 5.74) is 3.32. The molecule has 64 valence electrons. The van der Waals surface area contributed by atoms with E-state index >= 15 is 0 Å². The van der Waals surface area contributed by atoms with Crippen molar-refractivity contribution in [2.24, 2.45) is 0 Å². The Balaban J connectivity index is 2.34. The first-order chi connectivity index (χ1) is 5.20. The van der Waals surface area contributed by atoms with E-state index in [2.05, 4.69) is 37.1 Å². The summed E-state index contributed by atoms with van der Waals surface area (Å²) in [6, 6.07) is 0.684. The van der Waals surface area contributed by atoms with Gasteiger partial charge >= 0.3 is 0 Å². The van der Waals surface area contributed by atoms with Crippen LogP contribution in [0.5, 0.6) is 0 Å². The fourth-order valence-electron chi connectivity index (χ4n) is 1.37. The van der Waals surface area contributed by atoms with Gasteiger partial charge in [-0.2, -0.15) is 0 Å². The first kappa shape index (κ1) is 9.04. The van der Waals surface area contributed by atoms with Crippen molar-refractivity contribution in [2.75, 3.05) is 26.2 Å². The first-order valence-corrected chi connectivity index (χ1v) is 4.39. The molecule has 0 saturated carbocycles. The molecule has 1 aliphatic heterocycles. The van der Waals surface area contributed by atoms with E-state index in [0.29, 0.717) is 6.04 Å². The Morgan fingerprint density at radius 1 is 1.27 bits per heavy atom. The highest BCUT2D eigenvalue weighted by molar-refractivity contribution is 6.03. The van der Waals surface area contributed by atoms with Crippen molar-refractivity contribution >= 4 is 7.98 Å². The molecular formula is C7H18BN3. The number of hydrogen-bond donors (Lipinski definition) is 1. The van der Waals surface area contributed by atoms with E-state index in [-0.39, 0.29) is 0 Å². The molecule has 0 aromatic rings. The third kappa shape index (κ3) is 2.81. The number of hydrazine groups is 1. The van der Waals surface area contributed by atoms with Crippen LogP contribution in [-0.4, -0.2) is 50.0 Å². The van der Waals surface area contributed by atoms with Gasteiger partial charge < -0.3 is 0 Å². The largest absolute Gasteiger partial charge is 0.298 e. The van der Waals surface area contributed by atoms with E-state index in [0.717, 1.165) is 13.1 Å². The highest BCUT2D eigenvalue weighted by Crippen LogP contribution is 1.98. The number of hydrogen-bond acceptors (Lipinski definition) is 3. The predicted octanol–water partition coefficient (Wildman–Crippen LogP) is -0.935. The summed E-state index contributed by atoms with van der Waals surface area (Å²) < 4.78 is 0. The minimum Gasteiger partial charge on any atom is -0.298 e. The zero-order valence-corrected chi connectivity index (χ0v) is 7.80. The summed E-state index contributed by atoms with van der Waals surface area (Å²) in [5, 5.41) is 0. The number of nitrogens with zero attached hydrogens (tertiary/aromatic N) is 2. The molecule has 1 aliphatic rings. The van der Waals surface area contributed by atoms with Crippen LogP contribution >= 0.6 is 0 Å². The molecule has 1 rings (SSSR count). The molecule has 0 aliphatic carbocycles. The van der Waals surface area contributed by atoms with Gasteiger partial charge in [0.2, 0.25) is 7.98 Å². The molecule has 1 heterocycles. The lowest BCUT2D eigenvalue weighted by atomic mass is 10.3. The highest BCUT2D eigenvalue weighted by Gasteiger charge is 2.12. The fraction of sp³-hybridized carbons (Fsp3) is 1.00. The van der Waals surface area contributed by atoms with E-state index in [1.807, 2.05) is 0 Å². The molecular weight excluding hydrogens is 137 g/mol. The van der Waals surface area contributed by atoms with Gasteiger partial charge in [-0.1, -0.05) is 0 Å². The van der Waals surface area contributed by atoms with Crippen LogP contribution in [-0.2, 0) is 0 Å². The Kier molecular flexibility index (Phi) is 3.36. The van der Waals surface area contributed by atoms with Crippen molar-refractivity contribution in [3.63, 3.8) is 0 Å². The predicted molar refractivity (Wildman–Crippen MR) is 50.0 cm³/mol. The van der Waals surface area contributed by atoms with Crippen LogP contribution < -0.4 is 5.43 Å². The summed E-state index contributed by atoms with van der Waals surface area (Å²) >= 11 is 0. The van der Waals surface area contributed by atoms with Crippen molar-refractivity contribution in [2.45, 2.75) is 19.9 Å². The van der Waals surface area contributed by atoms with Crippen LogP contribution in [0.1, 0.15) is 13.8 Å². The molecule has 11 heavy (non-hydrogen) atoms. The number of rotatable bonds is 1. The normalized spacial score (nSPS) is 23.9. The van der Waals surface area contributed by atoms with E-state index < -0.39 is 0 Å². The first-order valence-electron chi connectivity index (χ1n) is 4.39. The molecule has 1 fully saturated rings. The topological polar surface area (TPSA) is 18.5 Å². The van der Waals surface area contributed by atoms with Gasteiger partial charge in [-0.3, -0.25) is 15.2 Å². The molecule has 0 radical (unpaired) electrons. The summed E-state index contributed by atoms with van der Waals surface area (Å²) in [7, 11) is 2.10. The van der Waals surface area contributed by atoms with Gasteiger partial charge in [0.25, 0.3) is 0 Å². The minimum atomic E-state index is 0.684. The minimum absolute atomic E-state index is 0.684. The summed E-state index contributed by atoms with van der Waals surface area (Å²) in [6.07, 6.45) is 0. The lowest BCUT2D eigenvalue weighted by molar-refractivity contribution is 0.238. The van der Waals surface area contributed by atoms with Gasteiger partial charge in [-0.05, 0) is 13.8 Å². The van der Waals surface area contributed by atoms with Crippen molar-refractivity contribution in [3.8, 4) is 0 Å². The molecule has 0 spiro atoms. The molecule has 0 aromatic heterocycles. The van der Waals surface area contributed by atoms with Crippen LogP contribution in [0.3, 0.4) is 0 Å². The summed E-state index contributed by atoms with van der Waals surface area (Å²) in [4.78, 5) is 4.67. The lowest BCUT2D eigenvalue weighted by Crippen LogP contribution is -2.36. The highest BCUT2D eigenvalue weighted by atomic mass is 15.5. The van der Waals surface area contributed by atoms with Gasteiger partial charge in [0.15, 0.2) is 0 Å². The van der Waals surface area contributed by atoms with Gasteiger partial charge in [0, 0.05) is 32.2 Å². The second-order valence-electron chi connectivity index (χ2n) is 3.46. The van der Waals surface area contributed by atoms with Crippen LogP contribution in [0.25, 0.3) is 0 Å². The SMILES string of the molecule is BN1CCN(C(C)C)CCN1. The third-order valence-electron chi connectivity index (χ3n) is 2.23. The zero-order valence-electron chi connectivity index (χ0n) is 7.80. The van der Waals surface area contributed by atoms with Crippen LogP contribution in [0.2, 0.25) is 0 Å². The van der Waals surface area contributed by atoms with Crippen molar-refractivity contribution in [1.82, 2.24) is 15.2 Å². The third-order valence-corrected chi connectivity index (χ3v) is 2.23. The van der Waals surface area contributed by atoms with Gasteiger partial charge in [0.05, 0.1) is 0 Å². The maximum Gasteiger partial charge on any atom is 0.205 e. The standard InChI is InChI=1S/C7H18BN3/c1-7(2)10-4-3-9-11(8)6-5-10/h7,9H,3-6,8H2,1-2H3. The van der Waals surface area contributed by atoms with E-state index in [1.165, 1.54) is 13.1 Å². The van der Waals surface area contributed by atoms with Crippen molar-refractivity contribution < 1.29 is 0 Å². The van der Waals surface area contributed by atoms with E-state index in [1.54, 1.807) is 0 Å². The second-order valence-corrected chi connectivity index (χ2v) is 3.46. The molecule has 1 N–H and O–H groups in total. The molecule has 0 unspecified atom stereocenters. The molecule has 0 atom stereocenters. The van der Waals surface area contributed by atoms with Crippen LogP contribution in [0.15, 0.2) is 0 Å². The Morgan fingerprint density at radius 3 is 2.64 bits per heavy atom. The average molecular weight is 155 g/mol. The maximum absolute atomic E-state index is 3.32. The average Bonchev–Trinajstić information content (AvgIpc) is 2.13. The fourth-order valence-corrected chi connectivity index (χ4v) is 1.37. The smallest absolute Gasteiger partial charge is 0.205 e. The van der Waals surface area contributed by atoms with Crippen molar-refractivity contribution in [3.05, 3.63) is 0 Å². The summed E-state index contributed by atoms with van der Waals surface area (Å²) in [5.74, 6) is 0. The van der Waals surface area contributed by atoms with Crippen LogP contribution in [0.4, 0.5) is 0 Å². The van der Waals surface area contributed by atoms with Gasteiger partial charge in [0.1, 0.15) is 0 Å². The molecule has 0 aromatic carbocycles. The molecule has 0 amide bonds. The lowest BCUT2D eigenvalue weighted by Gasteiger charge is -2.23. The number of nitrogens with one attached hydrogen (secondary N) is 1. The van der Waals surface area contributed by atoms with Crippen LogP contribution in [0, 0.1) is 0 Å². The van der Waals surface area contributed by atoms with E-state index in [9.17, 15) is 0 Å². The maximum atomic E-state index is 3.32. The zero-order chi connectivity index (χ0) is 8.27. The van der Waals surface area contributed by atoms with E-state index in [4.69, 9.17) is 0 Å². The molecule has 0 bridgehead atoms. The second kappa shape index (κ2) is 4.09. The van der Waals surface area contributed by atoms with Gasteiger partial charge in [-0.15, -0.1) is 0 Å². The quantitative estimate of drug-likeness (QED) is 0.493.